The molecule has 1 aliphatic heterocycles. The van der Waals surface area contributed by atoms with Crippen molar-refractivity contribution in [3.63, 3.8) is 0 Å². The van der Waals surface area contributed by atoms with Crippen molar-refractivity contribution in [2.24, 2.45) is 0 Å². The lowest BCUT2D eigenvalue weighted by Gasteiger charge is -2.29. The van der Waals surface area contributed by atoms with Crippen LogP contribution >= 0.6 is 11.6 Å². The van der Waals surface area contributed by atoms with E-state index < -0.39 is 45.2 Å². The number of amides is 3. The average molecular weight is 438 g/mol. The van der Waals surface area contributed by atoms with Crippen LogP contribution in [0.25, 0.3) is 0 Å². The van der Waals surface area contributed by atoms with E-state index in [1.54, 1.807) is 0 Å². The number of carbonyl (C=O) groups excluding carboxylic acids is 2. The number of rotatable bonds is 5. The highest BCUT2D eigenvalue weighted by atomic mass is 35.5. The molecule has 3 rings (SSSR count). The van der Waals surface area contributed by atoms with Crippen LogP contribution in [0.5, 0.6) is 0 Å². The summed E-state index contributed by atoms with van der Waals surface area (Å²) in [6, 6.07) is 5.52. The third-order valence-corrected chi connectivity index (χ3v) is 5.56. The second-order valence-electron chi connectivity index (χ2n) is 5.71. The molecular weight excluding hydrogens is 427 g/mol. The molecule has 150 valence electrons. The van der Waals surface area contributed by atoms with Gasteiger partial charge >= 0.3 is 12.2 Å². The minimum Gasteiger partial charge on any atom is -0.467 e. The van der Waals surface area contributed by atoms with E-state index >= 15 is 0 Å². The Bertz CT molecular complexity index is 1010. The molecule has 1 unspecified atom stereocenters. The summed E-state index contributed by atoms with van der Waals surface area (Å²) >= 11 is 5.64. The van der Waals surface area contributed by atoms with E-state index in [1.165, 1.54) is 28.4 Å². The van der Waals surface area contributed by atoms with Crippen molar-refractivity contribution in [2.45, 2.75) is 23.3 Å². The smallest absolute Gasteiger partial charge is 0.435 e. The fraction of sp³-hybridized carbons (Fsp3) is 0.200. The van der Waals surface area contributed by atoms with Crippen molar-refractivity contribution in [2.75, 3.05) is 0 Å². The number of furan rings is 1. The maximum absolute atomic E-state index is 13.8. The maximum Gasteiger partial charge on any atom is 0.435 e. The third-order valence-electron chi connectivity index (χ3n) is 3.84. The Morgan fingerprint density at radius 2 is 1.82 bits per heavy atom. The van der Waals surface area contributed by atoms with Gasteiger partial charge in [0.2, 0.25) is 10.0 Å². The number of nitrogens with zero attached hydrogens (tertiary/aromatic N) is 1. The molecule has 2 heterocycles. The number of benzene rings is 1. The molecule has 1 aliphatic rings. The lowest BCUT2D eigenvalue weighted by molar-refractivity contribution is -0.198. The SMILES string of the molecule is O=C1NC(NS(=O)(=O)c2ccc(Cl)cc2)(C(F)(F)F)C(=O)N1Cc1ccco1. The Labute approximate surface area is 161 Å². The van der Waals surface area contributed by atoms with Gasteiger partial charge in [0.05, 0.1) is 17.7 Å². The number of hydrogen-bond acceptors (Lipinski definition) is 5. The Morgan fingerprint density at radius 1 is 1.18 bits per heavy atom. The first-order chi connectivity index (χ1) is 13.0. The van der Waals surface area contributed by atoms with E-state index in [2.05, 4.69) is 0 Å². The highest BCUT2D eigenvalue weighted by Gasteiger charge is 2.69. The van der Waals surface area contributed by atoms with Crippen molar-refractivity contribution in [3.05, 3.63) is 53.4 Å². The molecule has 1 atom stereocenters. The van der Waals surface area contributed by atoms with E-state index in [1.807, 2.05) is 0 Å². The number of hydrogen-bond donors (Lipinski definition) is 2. The van der Waals surface area contributed by atoms with Crippen LogP contribution in [-0.4, -0.2) is 37.1 Å². The number of sulfonamides is 1. The van der Waals surface area contributed by atoms with E-state index in [-0.39, 0.29) is 15.7 Å². The topological polar surface area (TPSA) is 109 Å². The summed E-state index contributed by atoms with van der Waals surface area (Å²) in [5, 5.41) is 1.56. The van der Waals surface area contributed by atoms with Gasteiger partial charge in [-0.1, -0.05) is 11.6 Å². The molecule has 28 heavy (non-hydrogen) atoms. The van der Waals surface area contributed by atoms with Gasteiger partial charge in [-0.3, -0.25) is 9.69 Å². The highest BCUT2D eigenvalue weighted by Crippen LogP contribution is 2.35. The number of halogens is 4. The molecule has 2 N–H and O–H groups in total. The van der Waals surface area contributed by atoms with Gasteiger partial charge in [-0.25, -0.2) is 13.2 Å². The predicted octanol–water partition coefficient (Wildman–Crippen LogP) is 2.22. The Balaban J connectivity index is 1.99. The van der Waals surface area contributed by atoms with E-state index in [0.717, 1.165) is 24.3 Å². The summed E-state index contributed by atoms with van der Waals surface area (Å²) in [7, 11) is -4.86. The lowest BCUT2D eigenvalue weighted by atomic mass is 10.1. The second-order valence-corrected chi connectivity index (χ2v) is 7.83. The van der Waals surface area contributed by atoms with Crippen LogP contribution < -0.4 is 10.0 Å². The molecule has 8 nitrogen and oxygen atoms in total. The Kier molecular flexibility index (Phi) is 4.89. The molecule has 3 amide bonds. The summed E-state index contributed by atoms with van der Waals surface area (Å²) in [5.74, 6) is -1.80. The minimum atomic E-state index is -5.48. The first-order valence-corrected chi connectivity index (χ1v) is 9.35. The fourth-order valence-corrected chi connectivity index (χ4v) is 3.87. The largest absolute Gasteiger partial charge is 0.467 e. The predicted molar refractivity (Wildman–Crippen MR) is 88.3 cm³/mol. The summed E-state index contributed by atoms with van der Waals surface area (Å²) in [5.41, 5.74) is -3.87. The van der Waals surface area contributed by atoms with Crippen molar-refractivity contribution in [1.29, 1.82) is 0 Å². The first kappa shape index (κ1) is 20.2. The van der Waals surface area contributed by atoms with Gasteiger partial charge in [-0.2, -0.15) is 17.9 Å². The number of carbonyl (C=O) groups is 2. The van der Waals surface area contributed by atoms with Crippen LogP contribution in [0, 0.1) is 0 Å². The standard InChI is InChI=1S/C15H11ClF3N3O5S/c16-9-3-5-11(6-4-9)28(25,26)21-14(15(17,18)19)12(23)22(13(24)20-14)8-10-2-1-7-27-10/h1-7,21H,8H2,(H,20,24). The van der Waals surface area contributed by atoms with Crippen LogP contribution in [0.3, 0.4) is 0 Å². The molecule has 1 fully saturated rings. The molecule has 2 aromatic rings. The minimum absolute atomic E-state index is 0.0297. The second kappa shape index (κ2) is 6.79. The molecule has 0 aliphatic carbocycles. The van der Waals surface area contributed by atoms with Crippen LogP contribution in [0.15, 0.2) is 52.0 Å². The first-order valence-electron chi connectivity index (χ1n) is 7.49. The number of urea groups is 1. The highest BCUT2D eigenvalue weighted by molar-refractivity contribution is 7.89. The van der Waals surface area contributed by atoms with Gasteiger partial charge < -0.3 is 9.73 Å². The van der Waals surface area contributed by atoms with Crippen molar-refractivity contribution in [1.82, 2.24) is 14.9 Å². The fourth-order valence-electron chi connectivity index (χ4n) is 2.47. The normalized spacial score (nSPS) is 20.5. The zero-order chi connectivity index (χ0) is 20.7. The summed E-state index contributed by atoms with van der Waals surface area (Å²) < 4.78 is 72.4. The van der Waals surface area contributed by atoms with Crippen molar-refractivity contribution < 1.29 is 35.6 Å². The molecule has 1 aromatic carbocycles. The average Bonchev–Trinajstić information content (AvgIpc) is 3.18. The summed E-state index contributed by atoms with van der Waals surface area (Å²) in [6.45, 7) is -0.613. The van der Waals surface area contributed by atoms with E-state index in [4.69, 9.17) is 16.0 Å². The number of imide groups is 1. The molecule has 0 spiro atoms. The van der Waals surface area contributed by atoms with Gasteiger partial charge in [0.25, 0.3) is 11.6 Å². The molecule has 0 saturated carbocycles. The van der Waals surface area contributed by atoms with Crippen LogP contribution in [-0.2, 0) is 21.4 Å². The summed E-state index contributed by atoms with van der Waals surface area (Å²) in [4.78, 5) is 24.2. The van der Waals surface area contributed by atoms with E-state index in [0.29, 0.717) is 0 Å². The Morgan fingerprint density at radius 3 is 2.36 bits per heavy atom. The van der Waals surface area contributed by atoms with Crippen LogP contribution in [0.4, 0.5) is 18.0 Å². The van der Waals surface area contributed by atoms with Crippen molar-refractivity contribution in [3.8, 4) is 0 Å². The molecule has 1 aromatic heterocycles. The quantitative estimate of drug-likeness (QED) is 0.697. The zero-order valence-electron chi connectivity index (χ0n) is 13.7. The zero-order valence-corrected chi connectivity index (χ0v) is 15.2. The monoisotopic (exact) mass is 437 g/mol. The maximum atomic E-state index is 13.8. The number of alkyl halides is 3. The molecule has 0 bridgehead atoms. The van der Waals surface area contributed by atoms with Gasteiger partial charge in [-0.05, 0) is 36.4 Å². The van der Waals surface area contributed by atoms with Crippen LogP contribution in [0.1, 0.15) is 5.76 Å². The van der Waals surface area contributed by atoms with Gasteiger partial charge in [0.15, 0.2) is 0 Å². The number of nitrogens with one attached hydrogen (secondary N) is 2. The third kappa shape index (κ3) is 3.45. The van der Waals surface area contributed by atoms with Gasteiger partial charge in [0, 0.05) is 5.02 Å². The van der Waals surface area contributed by atoms with Crippen LogP contribution in [0.2, 0.25) is 5.02 Å². The van der Waals surface area contributed by atoms with Gasteiger partial charge in [-0.15, -0.1) is 0 Å². The van der Waals surface area contributed by atoms with E-state index in [9.17, 15) is 31.2 Å². The van der Waals surface area contributed by atoms with Gasteiger partial charge in [0.1, 0.15) is 5.76 Å². The molecule has 1 saturated heterocycles. The molecular formula is C15H11ClF3N3O5S. The molecule has 13 heteroatoms. The molecule has 0 radical (unpaired) electrons. The lowest BCUT2D eigenvalue weighted by Crippen LogP contribution is -2.69. The van der Waals surface area contributed by atoms with Crippen molar-refractivity contribution >= 4 is 33.6 Å². The Hall–Kier alpha value is -2.57. The summed E-state index contributed by atoms with van der Waals surface area (Å²) in [6.07, 6.45) is -4.27.